The van der Waals surface area contributed by atoms with Gasteiger partial charge >= 0.3 is 0 Å². The fourth-order valence-corrected chi connectivity index (χ4v) is 1.97. The van der Waals surface area contributed by atoms with E-state index in [0.29, 0.717) is 21.5 Å². The lowest BCUT2D eigenvalue weighted by Crippen LogP contribution is -2.23. The van der Waals surface area contributed by atoms with Gasteiger partial charge in [0, 0.05) is 10.5 Å². The van der Waals surface area contributed by atoms with Crippen LogP contribution in [-0.2, 0) is 6.54 Å². The molecule has 0 radical (unpaired) electrons. The summed E-state index contributed by atoms with van der Waals surface area (Å²) < 4.78 is 18.2. The summed E-state index contributed by atoms with van der Waals surface area (Å²) in [6, 6.07) is 5.64. The highest BCUT2D eigenvalue weighted by molar-refractivity contribution is 9.10. The Morgan fingerprint density at radius 3 is 2.89 bits per heavy atom. The lowest BCUT2D eigenvalue weighted by atomic mass is 10.2. The second-order valence-electron chi connectivity index (χ2n) is 3.74. The van der Waals surface area contributed by atoms with Crippen molar-refractivity contribution in [1.29, 1.82) is 0 Å². The molecule has 1 aromatic heterocycles. The van der Waals surface area contributed by atoms with Crippen molar-refractivity contribution in [1.82, 2.24) is 10.5 Å². The van der Waals surface area contributed by atoms with Crippen molar-refractivity contribution in [3.63, 3.8) is 0 Å². The molecule has 0 unspecified atom stereocenters. The topological polar surface area (TPSA) is 55.1 Å². The van der Waals surface area contributed by atoms with Crippen LogP contribution < -0.4 is 5.32 Å². The number of halogens is 2. The second kappa shape index (κ2) is 5.30. The molecule has 0 aliphatic heterocycles. The standard InChI is InChI=1S/C12H10BrFN2O2/c1-7-4-9(16-18-7)6-15-12(17)10-3-2-8(14)5-11(10)13/h2-5H,6H2,1H3,(H,15,17). The summed E-state index contributed by atoms with van der Waals surface area (Å²) in [4.78, 5) is 11.8. The largest absolute Gasteiger partial charge is 0.361 e. The van der Waals surface area contributed by atoms with Crippen LogP contribution >= 0.6 is 15.9 Å². The van der Waals surface area contributed by atoms with Crippen LogP contribution in [0.15, 0.2) is 33.3 Å². The van der Waals surface area contributed by atoms with Gasteiger partial charge in [-0.3, -0.25) is 4.79 Å². The molecular formula is C12H10BrFN2O2. The molecule has 2 rings (SSSR count). The first-order valence-corrected chi connectivity index (χ1v) is 6.01. The zero-order valence-corrected chi connectivity index (χ0v) is 11.1. The molecule has 2 aromatic rings. The van der Waals surface area contributed by atoms with E-state index in [4.69, 9.17) is 4.52 Å². The number of rotatable bonds is 3. The summed E-state index contributed by atoms with van der Waals surface area (Å²) in [6.45, 7) is 2.04. The molecule has 0 atom stereocenters. The highest BCUT2D eigenvalue weighted by Crippen LogP contribution is 2.17. The first-order valence-electron chi connectivity index (χ1n) is 5.21. The van der Waals surface area contributed by atoms with Crippen molar-refractivity contribution in [3.05, 3.63) is 51.6 Å². The van der Waals surface area contributed by atoms with Gasteiger partial charge in [-0.05, 0) is 41.1 Å². The van der Waals surface area contributed by atoms with Crippen molar-refractivity contribution in [3.8, 4) is 0 Å². The van der Waals surface area contributed by atoms with Crippen LogP contribution in [0.2, 0.25) is 0 Å². The molecule has 1 N–H and O–H groups in total. The van der Waals surface area contributed by atoms with Crippen LogP contribution in [-0.4, -0.2) is 11.1 Å². The maximum Gasteiger partial charge on any atom is 0.252 e. The van der Waals surface area contributed by atoms with E-state index in [-0.39, 0.29) is 12.5 Å². The first-order chi connectivity index (χ1) is 8.56. The van der Waals surface area contributed by atoms with E-state index in [0.717, 1.165) is 0 Å². The van der Waals surface area contributed by atoms with Gasteiger partial charge in [0.1, 0.15) is 17.3 Å². The Kier molecular flexibility index (Phi) is 3.76. The van der Waals surface area contributed by atoms with E-state index in [2.05, 4.69) is 26.4 Å². The number of carbonyl (C=O) groups excluding carboxylic acids is 1. The quantitative estimate of drug-likeness (QED) is 0.948. The number of nitrogens with one attached hydrogen (secondary N) is 1. The van der Waals surface area contributed by atoms with Gasteiger partial charge in [-0.2, -0.15) is 0 Å². The van der Waals surface area contributed by atoms with Crippen LogP contribution in [0.4, 0.5) is 4.39 Å². The molecular weight excluding hydrogens is 303 g/mol. The number of carbonyl (C=O) groups is 1. The summed E-state index contributed by atoms with van der Waals surface area (Å²) in [5, 5.41) is 6.43. The van der Waals surface area contributed by atoms with E-state index in [1.54, 1.807) is 13.0 Å². The fourth-order valence-electron chi connectivity index (χ4n) is 1.44. The Balaban J connectivity index is 2.03. The van der Waals surface area contributed by atoms with Gasteiger partial charge < -0.3 is 9.84 Å². The molecule has 6 heteroatoms. The molecule has 94 valence electrons. The maximum absolute atomic E-state index is 12.9. The summed E-state index contributed by atoms with van der Waals surface area (Å²) in [7, 11) is 0. The van der Waals surface area contributed by atoms with E-state index in [1.807, 2.05) is 0 Å². The van der Waals surface area contributed by atoms with Crippen LogP contribution in [0.25, 0.3) is 0 Å². The molecule has 0 aliphatic rings. The zero-order chi connectivity index (χ0) is 13.1. The predicted octanol–water partition coefficient (Wildman–Crippen LogP) is 2.81. The summed E-state index contributed by atoms with van der Waals surface area (Å²) in [5.74, 6) is -0.0182. The number of aryl methyl sites for hydroxylation is 1. The van der Waals surface area contributed by atoms with Gasteiger partial charge in [0.05, 0.1) is 12.1 Å². The van der Waals surface area contributed by atoms with Crippen molar-refractivity contribution in [2.75, 3.05) is 0 Å². The average Bonchev–Trinajstić information content (AvgIpc) is 2.72. The third kappa shape index (κ3) is 2.95. The number of hydrogen-bond donors (Lipinski definition) is 1. The molecule has 0 aliphatic carbocycles. The van der Waals surface area contributed by atoms with Gasteiger partial charge in [0.25, 0.3) is 5.91 Å². The number of amides is 1. The average molecular weight is 313 g/mol. The number of nitrogens with zero attached hydrogens (tertiary/aromatic N) is 1. The van der Waals surface area contributed by atoms with E-state index < -0.39 is 5.82 Å². The molecule has 1 amide bonds. The Morgan fingerprint density at radius 1 is 1.50 bits per heavy atom. The summed E-state index contributed by atoms with van der Waals surface area (Å²) >= 11 is 3.14. The molecule has 0 spiro atoms. The second-order valence-corrected chi connectivity index (χ2v) is 4.59. The highest BCUT2D eigenvalue weighted by atomic mass is 79.9. The lowest BCUT2D eigenvalue weighted by molar-refractivity contribution is 0.0949. The van der Waals surface area contributed by atoms with E-state index >= 15 is 0 Å². The zero-order valence-electron chi connectivity index (χ0n) is 9.54. The lowest BCUT2D eigenvalue weighted by Gasteiger charge is -2.05. The van der Waals surface area contributed by atoms with Gasteiger partial charge in [-0.25, -0.2) is 4.39 Å². The molecule has 0 saturated carbocycles. The third-order valence-corrected chi connectivity index (χ3v) is 2.94. The molecule has 0 bridgehead atoms. The van der Waals surface area contributed by atoms with Crippen molar-refractivity contribution in [2.45, 2.75) is 13.5 Å². The van der Waals surface area contributed by atoms with Crippen LogP contribution in [0.1, 0.15) is 21.8 Å². The van der Waals surface area contributed by atoms with Crippen LogP contribution in [0.5, 0.6) is 0 Å². The molecule has 1 heterocycles. The number of benzene rings is 1. The number of hydrogen-bond acceptors (Lipinski definition) is 3. The monoisotopic (exact) mass is 312 g/mol. The van der Waals surface area contributed by atoms with E-state index in [1.165, 1.54) is 18.2 Å². The SMILES string of the molecule is Cc1cc(CNC(=O)c2ccc(F)cc2Br)no1. The smallest absolute Gasteiger partial charge is 0.252 e. The minimum atomic E-state index is -0.398. The van der Waals surface area contributed by atoms with Crippen molar-refractivity contribution < 1.29 is 13.7 Å². The Bertz CT molecular complexity index is 583. The van der Waals surface area contributed by atoms with Crippen molar-refractivity contribution in [2.24, 2.45) is 0 Å². The van der Waals surface area contributed by atoms with E-state index in [9.17, 15) is 9.18 Å². The maximum atomic E-state index is 12.9. The normalized spacial score (nSPS) is 10.4. The van der Waals surface area contributed by atoms with Gasteiger partial charge in [-0.15, -0.1) is 0 Å². The van der Waals surface area contributed by atoms with Gasteiger partial charge in [-0.1, -0.05) is 5.16 Å². The Labute approximate surface area is 111 Å². The third-order valence-electron chi connectivity index (χ3n) is 2.28. The molecule has 1 aromatic carbocycles. The van der Waals surface area contributed by atoms with Crippen LogP contribution in [0, 0.1) is 12.7 Å². The predicted molar refractivity (Wildman–Crippen MR) is 66.5 cm³/mol. The fraction of sp³-hybridized carbons (Fsp3) is 0.167. The molecule has 0 saturated heterocycles. The summed E-state index contributed by atoms with van der Waals surface area (Å²) in [6.07, 6.45) is 0. The Hall–Kier alpha value is -1.69. The summed E-state index contributed by atoms with van der Waals surface area (Å²) in [5.41, 5.74) is 1.01. The molecule has 4 nitrogen and oxygen atoms in total. The minimum absolute atomic E-state index is 0.264. The molecule has 18 heavy (non-hydrogen) atoms. The molecule has 0 fully saturated rings. The number of aromatic nitrogens is 1. The van der Waals surface area contributed by atoms with Gasteiger partial charge in [0.2, 0.25) is 0 Å². The van der Waals surface area contributed by atoms with Gasteiger partial charge in [0.15, 0.2) is 0 Å². The minimum Gasteiger partial charge on any atom is -0.361 e. The van der Waals surface area contributed by atoms with Crippen LogP contribution in [0.3, 0.4) is 0 Å². The van der Waals surface area contributed by atoms with Crippen molar-refractivity contribution >= 4 is 21.8 Å². The Morgan fingerprint density at radius 2 is 2.28 bits per heavy atom. The first kappa shape index (κ1) is 12.8. The highest BCUT2D eigenvalue weighted by Gasteiger charge is 2.11.